The minimum atomic E-state index is -0.00621. The topological polar surface area (TPSA) is 36.4 Å². The Hall–Kier alpha value is -1.72. The van der Waals surface area contributed by atoms with E-state index in [1.165, 1.54) is 12.8 Å². The number of amides is 1. The number of hydrogen-bond acceptors (Lipinski definition) is 4. The van der Waals surface area contributed by atoms with Gasteiger partial charge in [-0.05, 0) is 56.5 Å². The SMILES string of the molecule is CC(=O)N(c1cccc(C)c1)c1nc(CN2CCC(C)CC2)cs1. The van der Waals surface area contributed by atoms with E-state index in [9.17, 15) is 4.79 Å². The van der Waals surface area contributed by atoms with E-state index in [0.29, 0.717) is 0 Å². The average Bonchev–Trinajstić information content (AvgIpc) is 2.97. The molecule has 0 bridgehead atoms. The molecule has 1 aromatic carbocycles. The number of benzene rings is 1. The lowest BCUT2D eigenvalue weighted by Gasteiger charge is -2.29. The Bertz CT molecular complexity index is 704. The number of hydrogen-bond donors (Lipinski definition) is 0. The quantitative estimate of drug-likeness (QED) is 0.827. The molecule has 4 nitrogen and oxygen atoms in total. The first-order valence-electron chi connectivity index (χ1n) is 8.57. The summed E-state index contributed by atoms with van der Waals surface area (Å²) in [6.45, 7) is 9.11. The van der Waals surface area contributed by atoms with Crippen LogP contribution in [0, 0.1) is 12.8 Å². The molecular formula is C19H25N3OS. The van der Waals surface area contributed by atoms with Gasteiger partial charge in [0.05, 0.1) is 11.4 Å². The molecular weight excluding hydrogens is 318 g/mol. The van der Waals surface area contributed by atoms with Crippen molar-refractivity contribution >= 4 is 28.1 Å². The summed E-state index contributed by atoms with van der Waals surface area (Å²) in [4.78, 5) is 21.1. The fraction of sp³-hybridized carbons (Fsp3) is 0.474. The van der Waals surface area contributed by atoms with Gasteiger partial charge in [0, 0.05) is 18.8 Å². The van der Waals surface area contributed by atoms with Gasteiger partial charge in [-0.2, -0.15) is 0 Å². The smallest absolute Gasteiger partial charge is 0.230 e. The molecule has 0 unspecified atom stereocenters. The molecule has 0 spiro atoms. The number of rotatable bonds is 4. The monoisotopic (exact) mass is 343 g/mol. The van der Waals surface area contributed by atoms with Gasteiger partial charge < -0.3 is 0 Å². The molecule has 1 aliphatic heterocycles. The third-order valence-electron chi connectivity index (χ3n) is 4.57. The molecule has 1 fully saturated rings. The van der Waals surface area contributed by atoms with Gasteiger partial charge in [-0.3, -0.25) is 14.6 Å². The largest absolute Gasteiger partial charge is 0.297 e. The zero-order chi connectivity index (χ0) is 17.1. The second-order valence-corrected chi connectivity index (χ2v) is 7.61. The number of carbonyl (C=O) groups is 1. The van der Waals surface area contributed by atoms with Crippen LogP contribution in [0.25, 0.3) is 0 Å². The van der Waals surface area contributed by atoms with Gasteiger partial charge in [-0.1, -0.05) is 19.1 Å². The maximum atomic E-state index is 12.2. The van der Waals surface area contributed by atoms with Crippen LogP contribution in [-0.4, -0.2) is 28.9 Å². The van der Waals surface area contributed by atoms with Crippen molar-refractivity contribution in [3.8, 4) is 0 Å². The first kappa shape index (κ1) is 17.1. The number of likely N-dealkylation sites (tertiary alicyclic amines) is 1. The second-order valence-electron chi connectivity index (χ2n) is 6.77. The molecule has 0 radical (unpaired) electrons. The van der Waals surface area contributed by atoms with Crippen LogP contribution in [0.15, 0.2) is 29.6 Å². The molecule has 3 rings (SSSR count). The number of piperidine rings is 1. The highest BCUT2D eigenvalue weighted by molar-refractivity contribution is 7.14. The predicted octanol–water partition coefficient (Wildman–Crippen LogP) is 4.37. The third-order valence-corrected chi connectivity index (χ3v) is 5.44. The zero-order valence-corrected chi connectivity index (χ0v) is 15.5. The van der Waals surface area contributed by atoms with Crippen LogP contribution in [0.2, 0.25) is 0 Å². The molecule has 1 saturated heterocycles. The van der Waals surface area contributed by atoms with Crippen molar-refractivity contribution in [1.82, 2.24) is 9.88 Å². The molecule has 128 valence electrons. The van der Waals surface area contributed by atoms with Crippen molar-refractivity contribution in [2.24, 2.45) is 5.92 Å². The molecule has 2 aromatic rings. The maximum Gasteiger partial charge on any atom is 0.230 e. The highest BCUT2D eigenvalue weighted by Gasteiger charge is 2.20. The molecule has 0 saturated carbocycles. The van der Waals surface area contributed by atoms with Crippen molar-refractivity contribution in [3.63, 3.8) is 0 Å². The van der Waals surface area contributed by atoms with Crippen LogP contribution >= 0.6 is 11.3 Å². The summed E-state index contributed by atoms with van der Waals surface area (Å²) in [7, 11) is 0. The number of nitrogens with zero attached hydrogens (tertiary/aromatic N) is 3. The van der Waals surface area contributed by atoms with E-state index in [0.717, 1.165) is 47.6 Å². The molecule has 1 aliphatic rings. The van der Waals surface area contributed by atoms with Crippen LogP contribution in [-0.2, 0) is 11.3 Å². The Morgan fingerprint density at radius 1 is 1.38 bits per heavy atom. The fourth-order valence-electron chi connectivity index (χ4n) is 3.11. The summed E-state index contributed by atoms with van der Waals surface area (Å²) >= 11 is 1.54. The molecule has 0 N–H and O–H groups in total. The Labute approximate surface area is 148 Å². The van der Waals surface area contributed by atoms with Gasteiger partial charge >= 0.3 is 0 Å². The molecule has 24 heavy (non-hydrogen) atoms. The van der Waals surface area contributed by atoms with Crippen molar-refractivity contribution in [2.75, 3.05) is 18.0 Å². The first-order valence-corrected chi connectivity index (χ1v) is 9.45. The number of aromatic nitrogens is 1. The molecule has 1 aromatic heterocycles. The lowest BCUT2D eigenvalue weighted by atomic mass is 9.99. The first-order chi connectivity index (χ1) is 11.5. The summed E-state index contributed by atoms with van der Waals surface area (Å²) in [5.74, 6) is 0.829. The summed E-state index contributed by atoms with van der Waals surface area (Å²) in [5.41, 5.74) is 3.08. The van der Waals surface area contributed by atoms with Gasteiger partial charge in [0.2, 0.25) is 5.91 Å². The van der Waals surface area contributed by atoms with Crippen molar-refractivity contribution in [1.29, 1.82) is 0 Å². The number of thiazole rings is 1. The Morgan fingerprint density at radius 2 is 2.12 bits per heavy atom. The van der Waals surface area contributed by atoms with Gasteiger partial charge in [0.15, 0.2) is 5.13 Å². The number of aryl methyl sites for hydroxylation is 1. The van der Waals surface area contributed by atoms with Crippen LogP contribution < -0.4 is 4.90 Å². The maximum absolute atomic E-state index is 12.2. The summed E-state index contributed by atoms with van der Waals surface area (Å²) in [6, 6.07) is 7.99. The summed E-state index contributed by atoms with van der Waals surface area (Å²) < 4.78 is 0. The molecule has 2 heterocycles. The van der Waals surface area contributed by atoms with E-state index in [2.05, 4.69) is 17.2 Å². The molecule has 1 amide bonds. The molecule has 0 atom stereocenters. The minimum absolute atomic E-state index is 0.00621. The summed E-state index contributed by atoms with van der Waals surface area (Å²) in [5, 5.41) is 2.84. The lowest BCUT2D eigenvalue weighted by Crippen LogP contribution is -2.32. The average molecular weight is 343 g/mol. The van der Waals surface area contributed by atoms with Gasteiger partial charge in [-0.25, -0.2) is 4.98 Å². The van der Waals surface area contributed by atoms with Gasteiger partial charge in [0.25, 0.3) is 0 Å². The van der Waals surface area contributed by atoms with Crippen LogP contribution in [0.5, 0.6) is 0 Å². The van der Waals surface area contributed by atoms with Gasteiger partial charge in [0.1, 0.15) is 0 Å². The normalized spacial score (nSPS) is 16.3. The van der Waals surface area contributed by atoms with E-state index in [1.807, 2.05) is 31.2 Å². The van der Waals surface area contributed by atoms with E-state index in [-0.39, 0.29) is 5.91 Å². The Morgan fingerprint density at radius 3 is 2.79 bits per heavy atom. The number of anilines is 2. The highest BCUT2D eigenvalue weighted by Crippen LogP contribution is 2.30. The zero-order valence-electron chi connectivity index (χ0n) is 14.7. The van der Waals surface area contributed by atoms with E-state index >= 15 is 0 Å². The second kappa shape index (κ2) is 7.45. The van der Waals surface area contributed by atoms with Gasteiger partial charge in [-0.15, -0.1) is 11.3 Å². The van der Waals surface area contributed by atoms with E-state index in [1.54, 1.807) is 23.2 Å². The standard InChI is InChI=1S/C19H25N3OS/c1-14-7-9-21(10-8-14)12-17-13-24-19(20-17)22(16(3)23)18-6-4-5-15(2)11-18/h4-6,11,13-14H,7-10,12H2,1-3H3. The van der Waals surface area contributed by atoms with Crippen LogP contribution in [0.3, 0.4) is 0 Å². The molecule has 5 heteroatoms. The highest BCUT2D eigenvalue weighted by atomic mass is 32.1. The van der Waals surface area contributed by atoms with Crippen LogP contribution in [0.1, 0.15) is 37.9 Å². The minimum Gasteiger partial charge on any atom is -0.297 e. The van der Waals surface area contributed by atoms with E-state index in [4.69, 9.17) is 4.98 Å². The third kappa shape index (κ3) is 4.02. The Kier molecular flexibility index (Phi) is 5.31. The molecule has 0 aliphatic carbocycles. The van der Waals surface area contributed by atoms with Crippen molar-refractivity contribution < 1.29 is 4.79 Å². The predicted molar refractivity (Wildman–Crippen MR) is 99.8 cm³/mol. The van der Waals surface area contributed by atoms with E-state index < -0.39 is 0 Å². The lowest BCUT2D eigenvalue weighted by molar-refractivity contribution is -0.115. The summed E-state index contributed by atoms with van der Waals surface area (Å²) in [6.07, 6.45) is 2.53. The Balaban J connectivity index is 1.76. The number of carbonyl (C=O) groups excluding carboxylic acids is 1. The fourth-order valence-corrected chi connectivity index (χ4v) is 3.99. The van der Waals surface area contributed by atoms with Crippen LogP contribution in [0.4, 0.5) is 10.8 Å². The van der Waals surface area contributed by atoms with Crippen molar-refractivity contribution in [2.45, 2.75) is 40.2 Å². The van der Waals surface area contributed by atoms with Crippen molar-refractivity contribution in [3.05, 3.63) is 40.9 Å².